The van der Waals surface area contributed by atoms with E-state index < -0.39 is 11.9 Å². The van der Waals surface area contributed by atoms with Gasteiger partial charge in [0.15, 0.2) is 0 Å². The summed E-state index contributed by atoms with van der Waals surface area (Å²) >= 11 is 0. The predicted octanol–water partition coefficient (Wildman–Crippen LogP) is 3.40. The zero-order valence-electron chi connectivity index (χ0n) is 8.91. The highest BCUT2D eigenvalue weighted by Crippen LogP contribution is 2.07. The molecule has 1 unspecified atom stereocenters. The van der Waals surface area contributed by atoms with Crippen LogP contribution < -0.4 is 0 Å². The fourth-order valence-electron chi connectivity index (χ4n) is 1.17. The molecule has 0 aliphatic heterocycles. The summed E-state index contributed by atoms with van der Waals surface area (Å²) in [5.74, 6) is -1.23. The zero-order valence-corrected chi connectivity index (χ0v) is 8.91. The average Bonchev–Trinajstić information content (AvgIpc) is 2.16. The van der Waals surface area contributed by atoms with Crippen molar-refractivity contribution in [3.05, 3.63) is 24.8 Å². The smallest absolute Gasteiger partial charge is 0.310 e. The molecule has 0 saturated carbocycles. The van der Waals surface area contributed by atoms with Crippen molar-refractivity contribution in [1.82, 2.24) is 0 Å². The van der Waals surface area contributed by atoms with E-state index in [1.165, 1.54) is 25.3 Å². The number of hydrogen-bond acceptors (Lipinski definition) is 1. The van der Waals surface area contributed by atoms with Crippen molar-refractivity contribution in [1.29, 1.82) is 0 Å². The van der Waals surface area contributed by atoms with Gasteiger partial charge in [-0.05, 0) is 19.3 Å². The first-order chi connectivity index (χ1) is 6.72. The topological polar surface area (TPSA) is 37.3 Å². The number of carboxylic acid groups (broad SMARTS) is 1. The molecule has 1 atom stereocenters. The standard InChI is InChI=1S/C12H20O2/c1-3-5-6-7-8-9-10-11(4-2)12(13)14/h4,8-9,11H,2-3,5-7,10H2,1H3,(H,13,14)/b9-8+. The molecule has 0 aliphatic carbocycles. The molecule has 1 N–H and O–H groups in total. The van der Waals surface area contributed by atoms with E-state index in [2.05, 4.69) is 19.6 Å². The molecule has 14 heavy (non-hydrogen) atoms. The van der Waals surface area contributed by atoms with E-state index in [0.717, 1.165) is 6.42 Å². The van der Waals surface area contributed by atoms with Gasteiger partial charge in [-0.2, -0.15) is 0 Å². The fourth-order valence-corrected chi connectivity index (χ4v) is 1.17. The number of rotatable bonds is 8. The van der Waals surface area contributed by atoms with Gasteiger partial charge in [-0.1, -0.05) is 38.0 Å². The van der Waals surface area contributed by atoms with E-state index in [1.54, 1.807) is 0 Å². The maximum atomic E-state index is 10.6. The van der Waals surface area contributed by atoms with Crippen LogP contribution in [-0.2, 0) is 4.79 Å². The maximum Gasteiger partial charge on any atom is 0.310 e. The second-order valence-electron chi connectivity index (χ2n) is 3.38. The van der Waals surface area contributed by atoms with Gasteiger partial charge in [-0.25, -0.2) is 0 Å². The minimum atomic E-state index is -0.793. The summed E-state index contributed by atoms with van der Waals surface area (Å²) in [6, 6.07) is 0. The highest BCUT2D eigenvalue weighted by atomic mass is 16.4. The highest BCUT2D eigenvalue weighted by molar-refractivity contribution is 5.72. The van der Waals surface area contributed by atoms with Crippen molar-refractivity contribution in [2.24, 2.45) is 5.92 Å². The van der Waals surface area contributed by atoms with Crippen LogP contribution in [0.15, 0.2) is 24.8 Å². The first-order valence-corrected chi connectivity index (χ1v) is 5.22. The summed E-state index contributed by atoms with van der Waals surface area (Å²) in [7, 11) is 0. The Morgan fingerprint density at radius 3 is 2.64 bits per heavy atom. The Hall–Kier alpha value is -1.05. The molecule has 0 bridgehead atoms. The van der Waals surface area contributed by atoms with Gasteiger partial charge in [-0.15, -0.1) is 6.58 Å². The molecule has 0 fully saturated rings. The number of carbonyl (C=O) groups is 1. The molecule has 0 saturated heterocycles. The summed E-state index contributed by atoms with van der Waals surface area (Å²) in [5.41, 5.74) is 0. The van der Waals surface area contributed by atoms with Crippen molar-refractivity contribution >= 4 is 5.97 Å². The molecule has 2 heteroatoms. The number of hydrogen-bond donors (Lipinski definition) is 1. The quantitative estimate of drug-likeness (QED) is 0.477. The van der Waals surface area contributed by atoms with E-state index in [0.29, 0.717) is 6.42 Å². The van der Waals surface area contributed by atoms with E-state index in [4.69, 9.17) is 5.11 Å². The van der Waals surface area contributed by atoms with Crippen molar-refractivity contribution < 1.29 is 9.90 Å². The summed E-state index contributed by atoms with van der Waals surface area (Å²) in [6.45, 7) is 5.66. The lowest BCUT2D eigenvalue weighted by molar-refractivity contribution is -0.139. The number of unbranched alkanes of at least 4 members (excludes halogenated alkanes) is 3. The van der Waals surface area contributed by atoms with Crippen LogP contribution in [0.4, 0.5) is 0 Å². The van der Waals surface area contributed by atoms with Crippen molar-refractivity contribution in [3.63, 3.8) is 0 Å². The van der Waals surface area contributed by atoms with Crippen LogP contribution in [0.5, 0.6) is 0 Å². The number of aliphatic carboxylic acids is 1. The molecular weight excluding hydrogens is 176 g/mol. The van der Waals surface area contributed by atoms with Gasteiger partial charge < -0.3 is 5.11 Å². The van der Waals surface area contributed by atoms with Crippen LogP contribution in [0.25, 0.3) is 0 Å². The van der Waals surface area contributed by atoms with E-state index >= 15 is 0 Å². The van der Waals surface area contributed by atoms with Crippen LogP contribution in [0.2, 0.25) is 0 Å². The van der Waals surface area contributed by atoms with E-state index in [1.807, 2.05) is 6.08 Å². The van der Waals surface area contributed by atoms with Gasteiger partial charge in [0.2, 0.25) is 0 Å². The molecular formula is C12H20O2. The Kier molecular flexibility index (Phi) is 7.90. The number of allylic oxidation sites excluding steroid dienone is 2. The van der Waals surface area contributed by atoms with Gasteiger partial charge in [0, 0.05) is 0 Å². The zero-order chi connectivity index (χ0) is 10.8. The van der Waals surface area contributed by atoms with E-state index in [-0.39, 0.29) is 0 Å². The monoisotopic (exact) mass is 196 g/mol. The van der Waals surface area contributed by atoms with Gasteiger partial charge in [-0.3, -0.25) is 4.79 Å². The lowest BCUT2D eigenvalue weighted by Gasteiger charge is -2.01. The molecule has 0 rings (SSSR count). The van der Waals surface area contributed by atoms with Gasteiger partial charge >= 0.3 is 5.97 Å². The minimum Gasteiger partial charge on any atom is -0.481 e. The van der Waals surface area contributed by atoms with Gasteiger partial charge in [0.1, 0.15) is 0 Å². The first kappa shape index (κ1) is 12.9. The Balaban J connectivity index is 3.58. The fraction of sp³-hybridized carbons (Fsp3) is 0.583. The van der Waals surface area contributed by atoms with Crippen molar-refractivity contribution in [3.8, 4) is 0 Å². The lowest BCUT2D eigenvalue weighted by Crippen LogP contribution is -2.09. The molecule has 0 aromatic rings. The summed E-state index contributed by atoms with van der Waals surface area (Å²) < 4.78 is 0. The molecule has 2 nitrogen and oxygen atoms in total. The van der Waals surface area contributed by atoms with Gasteiger partial charge in [0.05, 0.1) is 5.92 Å². The van der Waals surface area contributed by atoms with Crippen molar-refractivity contribution in [2.75, 3.05) is 0 Å². The number of carboxylic acids is 1. The molecule has 0 amide bonds. The molecule has 0 aromatic carbocycles. The summed E-state index contributed by atoms with van der Waals surface area (Å²) in [5, 5.41) is 8.71. The largest absolute Gasteiger partial charge is 0.481 e. The van der Waals surface area contributed by atoms with Crippen molar-refractivity contribution in [2.45, 2.75) is 39.0 Å². The normalized spacial score (nSPS) is 12.9. The Labute approximate surface area is 86.3 Å². The average molecular weight is 196 g/mol. The second kappa shape index (κ2) is 8.54. The molecule has 0 aliphatic rings. The maximum absolute atomic E-state index is 10.6. The molecule has 0 heterocycles. The molecule has 0 radical (unpaired) electrons. The van der Waals surface area contributed by atoms with Crippen LogP contribution >= 0.6 is 0 Å². The molecule has 80 valence electrons. The Bertz CT molecular complexity index is 194. The summed E-state index contributed by atoms with van der Waals surface area (Å²) in [6.07, 6.45) is 10.8. The first-order valence-electron chi connectivity index (χ1n) is 5.22. The molecule has 0 spiro atoms. The third kappa shape index (κ3) is 6.46. The third-order valence-corrected chi connectivity index (χ3v) is 2.13. The third-order valence-electron chi connectivity index (χ3n) is 2.13. The predicted molar refractivity (Wildman–Crippen MR) is 59.2 cm³/mol. The van der Waals surface area contributed by atoms with Crippen LogP contribution in [0.3, 0.4) is 0 Å². The van der Waals surface area contributed by atoms with Crippen LogP contribution in [0, 0.1) is 5.92 Å². The van der Waals surface area contributed by atoms with Crippen LogP contribution in [0.1, 0.15) is 39.0 Å². The van der Waals surface area contributed by atoms with E-state index in [9.17, 15) is 4.79 Å². The Morgan fingerprint density at radius 1 is 1.43 bits per heavy atom. The minimum absolute atomic E-state index is 0.433. The second-order valence-corrected chi connectivity index (χ2v) is 3.38. The molecule has 0 aromatic heterocycles. The lowest BCUT2D eigenvalue weighted by atomic mass is 10.1. The highest BCUT2D eigenvalue weighted by Gasteiger charge is 2.09. The Morgan fingerprint density at radius 2 is 2.14 bits per heavy atom. The van der Waals surface area contributed by atoms with Crippen LogP contribution in [-0.4, -0.2) is 11.1 Å². The summed E-state index contributed by atoms with van der Waals surface area (Å²) in [4.78, 5) is 10.6. The van der Waals surface area contributed by atoms with Gasteiger partial charge in [0.25, 0.3) is 0 Å². The SMILES string of the molecule is C=CC(C/C=C/CCCCC)C(=O)O.